The molecule has 1 aliphatic rings. The van der Waals surface area contributed by atoms with Crippen LogP contribution in [0.3, 0.4) is 0 Å². The Morgan fingerprint density at radius 3 is 2.75 bits per heavy atom. The molecule has 1 aliphatic heterocycles. The minimum atomic E-state index is -0.0470. The Kier molecular flexibility index (Phi) is 5.64. The van der Waals surface area contributed by atoms with Gasteiger partial charge in [-0.3, -0.25) is 9.78 Å². The number of hydrogen-bond acceptors (Lipinski definition) is 5. The van der Waals surface area contributed by atoms with Crippen molar-refractivity contribution in [1.29, 1.82) is 0 Å². The summed E-state index contributed by atoms with van der Waals surface area (Å²) in [5.41, 5.74) is 3.47. The zero-order valence-electron chi connectivity index (χ0n) is 11.8. The summed E-state index contributed by atoms with van der Waals surface area (Å²) in [4.78, 5) is 20.2. The van der Waals surface area contributed by atoms with E-state index in [9.17, 15) is 4.79 Å². The van der Waals surface area contributed by atoms with E-state index < -0.39 is 0 Å². The summed E-state index contributed by atoms with van der Waals surface area (Å²) >= 11 is 0. The topological polar surface area (TPSA) is 60.8 Å². The van der Waals surface area contributed by atoms with Crippen LogP contribution in [0.4, 0.5) is 0 Å². The van der Waals surface area contributed by atoms with Crippen molar-refractivity contribution in [2.75, 3.05) is 39.8 Å². The lowest BCUT2D eigenvalue weighted by Gasteiger charge is -2.32. The number of nitrogens with zero attached hydrogens (tertiary/aromatic N) is 4. The Labute approximate surface area is 119 Å². The molecule has 1 fully saturated rings. The van der Waals surface area contributed by atoms with Crippen molar-refractivity contribution in [2.45, 2.75) is 6.42 Å². The van der Waals surface area contributed by atoms with Crippen LogP contribution in [0.2, 0.25) is 0 Å². The van der Waals surface area contributed by atoms with Crippen LogP contribution >= 0.6 is 0 Å². The molecule has 0 radical (unpaired) electrons. The second-order valence-electron chi connectivity index (χ2n) is 4.97. The highest BCUT2D eigenvalue weighted by molar-refractivity contribution is 5.82. The molecule has 1 aromatic rings. The quantitative estimate of drug-likeness (QED) is 0.615. The van der Waals surface area contributed by atoms with Crippen LogP contribution in [-0.2, 0) is 4.79 Å². The number of carbonyl (C=O) groups excluding carboxylic acids is 1. The number of carbonyl (C=O) groups is 1. The van der Waals surface area contributed by atoms with Gasteiger partial charge in [-0.25, -0.2) is 5.43 Å². The summed E-state index contributed by atoms with van der Waals surface area (Å²) in [6, 6.07) is 3.67. The maximum Gasteiger partial charge on any atom is 0.241 e. The molecule has 0 bridgehead atoms. The van der Waals surface area contributed by atoms with Crippen LogP contribution in [-0.4, -0.2) is 66.7 Å². The zero-order valence-corrected chi connectivity index (χ0v) is 11.8. The average molecular weight is 275 g/mol. The highest BCUT2D eigenvalue weighted by Gasteiger charge is 2.14. The lowest BCUT2D eigenvalue weighted by Crippen LogP contribution is -2.45. The Morgan fingerprint density at radius 1 is 1.35 bits per heavy atom. The van der Waals surface area contributed by atoms with Crippen molar-refractivity contribution < 1.29 is 4.79 Å². The molecule has 0 saturated carbocycles. The second kappa shape index (κ2) is 7.72. The Hall–Kier alpha value is -1.79. The summed E-state index contributed by atoms with van der Waals surface area (Å²) in [6.07, 6.45) is 5.49. The number of nitrogens with one attached hydrogen (secondary N) is 1. The molecule has 0 aromatic carbocycles. The van der Waals surface area contributed by atoms with E-state index in [0.29, 0.717) is 6.42 Å². The van der Waals surface area contributed by atoms with Crippen LogP contribution < -0.4 is 5.43 Å². The average Bonchev–Trinajstić information content (AvgIpc) is 2.48. The molecule has 2 rings (SSSR count). The van der Waals surface area contributed by atoms with Gasteiger partial charge in [-0.05, 0) is 24.7 Å². The highest BCUT2D eigenvalue weighted by atomic mass is 16.2. The summed E-state index contributed by atoms with van der Waals surface area (Å²) in [6.45, 7) is 5.00. The minimum Gasteiger partial charge on any atom is -0.304 e. The van der Waals surface area contributed by atoms with Crippen molar-refractivity contribution in [3.05, 3.63) is 30.1 Å². The summed E-state index contributed by atoms with van der Waals surface area (Å²) < 4.78 is 0. The van der Waals surface area contributed by atoms with Crippen molar-refractivity contribution in [2.24, 2.45) is 5.10 Å². The maximum absolute atomic E-state index is 11.7. The SMILES string of the molecule is CN1CCN(CCC(=O)N/N=C/c2ccncc2)CC1. The van der Waals surface area contributed by atoms with Gasteiger partial charge in [0, 0.05) is 51.5 Å². The van der Waals surface area contributed by atoms with Crippen LogP contribution in [0.25, 0.3) is 0 Å². The zero-order chi connectivity index (χ0) is 14.2. The van der Waals surface area contributed by atoms with Crippen molar-refractivity contribution in [3.63, 3.8) is 0 Å². The van der Waals surface area contributed by atoms with Crippen molar-refractivity contribution in [1.82, 2.24) is 20.2 Å². The first-order chi connectivity index (χ1) is 9.74. The van der Waals surface area contributed by atoms with Gasteiger partial charge < -0.3 is 9.80 Å². The molecule has 0 atom stereocenters. The molecule has 1 saturated heterocycles. The maximum atomic E-state index is 11.7. The van der Waals surface area contributed by atoms with Crippen LogP contribution in [0.15, 0.2) is 29.6 Å². The second-order valence-corrected chi connectivity index (χ2v) is 4.97. The monoisotopic (exact) mass is 275 g/mol. The van der Waals surface area contributed by atoms with Crippen molar-refractivity contribution in [3.8, 4) is 0 Å². The van der Waals surface area contributed by atoms with Gasteiger partial charge in [0.25, 0.3) is 0 Å². The predicted octanol–water partition coefficient (Wildman–Crippen LogP) is 0.169. The molecule has 0 unspecified atom stereocenters. The number of hydrazone groups is 1. The number of rotatable bonds is 5. The van der Waals surface area contributed by atoms with E-state index in [1.165, 1.54) is 0 Å². The number of hydrogen-bond donors (Lipinski definition) is 1. The van der Waals surface area contributed by atoms with Gasteiger partial charge in [-0.15, -0.1) is 0 Å². The molecular formula is C14H21N5O. The number of pyridine rings is 1. The fraction of sp³-hybridized carbons (Fsp3) is 0.500. The first-order valence-corrected chi connectivity index (χ1v) is 6.87. The van der Waals surface area contributed by atoms with E-state index in [0.717, 1.165) is 38.3 Å². The van der Waals surface area contributed by atoms with E-state index >= 15 is 0 Å². The van der Waals surface area contributed by atoms with Gasteiger partial charge in [0.05, 0.1) is 6.21 Å². The largest absolute Gasteiger partial charge is 0.304 e. The highest BCUT2D eigenvalue weighted by Crippen LogP contribution is 1.99. The third-order valence-electron chi connectivity index (χ3n) is 3.36. The standard InChI is InChI=1S/C14H21N5O/c1-18-8-10-19(11-9-18)7-4-14(20)17-16-12-13-2-5-15-6-3-13/h2-3,5-6,12H,4,7-11H2,1H3,(H,17,20)/b16-12+. The fourth-order valence-electron chi connectivity index (χ4n) is 2.02. The van der Waals surface area contributed by atoms with Crippen LogP contribution in [0, 0.1) is 0 Å². The molecule has 2 heterocycles. The van der Waals surface area contributed by atoms with Gasteiger partial charge in [0.2, 0.25) is 5.91 Å². The minimum absolute atomic E-state index is 0.0470. The normalized spacial score (nSPS) is 17.4. The first kappa shape index (κ1) is 14.6. The molecule has 1 aromatic heterocycles. The lowest BCUT2D eigenvalue weighted by molar-refractivity contribution is -0.121. The Morgan fingerprint density at radius 2 is 2.05 bits per heavy atom. The summed E-state index contributed by atoms with van der Waals surface area (Å²) in [5, 5.41) is 3.94. The smallest absolute Gasteiger partial charge is 0.241 e. The molecule has 108 valence electrons. The third kappa shape index (κ3) is 5.07. The van der Waals surface area contributed by atoms with Crippen molar-refractivity contribution >= 4 is 12.1 Å². The van der Waals surface area contributed by atoms with E-state index in [1.54, 1.807) is 18.6 Å². The Bertz CT molecular complexity index is 440. The number of aromatic nitrogens is 1. The Balaban J connectivity index is 1.64. The number of likely N-dealkylation sites (N-methyl/N-ethyl adjacent to an activating group) is 1. The third-order valence-corrected chi connectivity index (χ3v) is 3.36. The predicted molar refractivity (Wildman–Crippen MR) is 78.5 cm³/mol. The molecular weight excluding hydrogens is 254 g/mol. The fourth-order valence-corrected chi connectivity index (χ4v) is 2.02. The van der Waals surface area contributed by atoms with Crippen LogP contribution in [0.5, 0.6) is 0 Å². The number of amides is 1. The molecule has 6 heteroatoms. The first-order valence-electron chi connectivity index (χ1n) is 6.87. The van der Waals surface area contributed by atoms with E-state index in [-0.39, 0.29) is 5.91 Å². The molecule has 1 amide bonds. The van der Waals surface area contributed by atoms with Gasteiger partial charge >= 0.3 is 0 Å². The van der Waals surface area contributed by atoms with Gasteiger partial charge in [-0.2, -0.15) is 5.10 Å². The van der Waals surface area contributed by atoms with Gasteiger partial charge in [0.15, 0.2) is 0 Å². The van der Waals surface area contributed by atoms with E-state index in [2.05, 4.69) is 32.4 Å². The molecule has 0 spiro atoms. The molecule has 20 heavy (non-hydrogen) atoms. The summed E-state index contributed by atoms with van der Waals surface area (Å²) in [5.74, 6) is -0.0470. The summed E-state index contributed by atoms with van der Waals surface area (Å²) in [7, 11) is 2.12. The lowest BCUT2D eigenvalue weighted by atomic mass is 10.3. The van der Waals surface area contributed by atoms with E-state index in [1.807, 2.05) is 12.1 Å². The molecule has 1 N–H and O–H groups in total. The van der Waals surface area contributed by atoms with Gasteiger partial charge in [-0.1, -0.05) is 0 Å². The van der Waals surface area contributed by atoms with E-state index in [4.69, 9.17) is 0 Å². The molecule has 0 aliphatic carbocycles. The number of piperazine rings is 1. The molecule has 6 nitrogen and oxygen atoms in total. The van der Waals surface area contributed by atoms with Gasteiger partial charge in [0.1, 0.15) is 0 Å². The van der Waals surface area contributed by atoms with Crippen LogP contribution in [0.1, 0.15) is 12.0 Å².